The Labute approximate surface area is 193 Å². The molecule has 2 aromatic carbocycles. The van der Waals surface area contributed by atoms with E-state index >= 15 is 0 Å². The monoisotopic (exact) mass is 467 g/mol. The SMILES string of the molecule is C1=C[C-](C2=Cc3ccccc3C2)CC=C1C1=Cc2ccccc2C1.[Cl-].[Cl-].[Zr+3]. The van der Waals surface area contributed by atoms with E-state index in [1.54, 1.807) is 0 Å². The molecular weight excluding hydrogens is 450 g/mol. The maximum atomic E-state index is 2.40. The van der Waals surface area contributed by atoms with E-state index in [0.29, 0.717) is 0 Å². The molecular formula is C24H19Cl2Zr. The zero-order valence-electron chi connectivity index (χ0n) is 14.9. The van der Waals surface area contributed by atoms with Crippen LogP contribution in [-0.2, 0) is 39.0 Å². The fourth-order valence-electron chi connectivity index (χ4n) is 3.97. The van der Waals surface area contributed by atoms with Gasteiger partial charge in [0, 0.05) is 0 Å². The van der Waals surface area contributed by atoms with Gasteiger partial charge in [0.2, 0.25) is 0 Å². The number of fused-ring (bicyclic) bond motifs is 2. The number of benzene rings is 2. The first-order chi connectivity index (χ1) is 11.9. The van der Waals surface area contributed by atoms with E-state index in [1.165, 1.54) is 44.9 Å². The van der Waals surface area contributed by atoms with Crippen molar-refractivity contribution in [2.24, 2.45) is 0 Å². The predicted molar refractivity (Wildman–Crippen MR) is 101 cm³/mol. The molecule has 2 aromatic rings. The van der Waals surface area contributed by atoms with Crippen LogP contribution >= 0.6 is 0 Å². The molecule has 0 aliphatic heterocycles. The molecule has 0 saturated heterocycles. The Balaban J connectivity index is 0.000000871. The molecule has 133 valence electrons. The van der Waals surface area contributed by atoms with Crippen LogP contribution in [-0.4, -0.2) is 0 Å². The molecule has 0 fully saturated rings. The molecule has 0 atom stereocenters. The minimum Gasteiger partial charge on any atom is -1.00 e. The molecule has 0 amide bonds. The Morgan fingerprint density at radius 3 is 1.96 bits per heavy atom. The largest absolute Gasteiger partial charge is 3.00 e. The van der Waals surface area contributed by atoms with Gasteiger partial charge < -0.3 is 24.8 Å². The van der Waals surface area contributed by atoms with Crippen molar-refractivity contribution in [3.05, 3.63) is 112 Å². The number of allylic oxidation sites excluding steroid dienone is 6. The van der Waals surface area contributed by atoms with Crippen molar-refractivity contribution in [2.75, 3.05) is 0 Å². The average molecular weight is 470 g/mol. The van der Waals surface area contributed by atoms with Gasteiger partial charge in [0.1, 0.15) is 0 Å². The second-order valence-corrected chi connectivity index (χ2v) is 6.81. The first-order valence-corrected chi connectivity index (χ1v) is 8.68. The van der Waals surface area contributed by atoms with Gasteiger partial charge in [-0.25, -0.2) is 0 Å². The summed E-state index contributed by atoms with van der Waals surface area (Å²) in [6.45, 7) is 0. The Kier molecular flexibility index (Phi) is 7.58. The van der Waals surface area contributed by atoms with Crippen LogP contribution in [0.1, 0.15) is 28.7 Å². The molecule has 27 heavy (non-hydrogen) atoms. The van der Waals surface area contributed by atoms with E-state index in [-0.39, 0.29) is 51.0 Å². The first kappa shape index (κ1) is 22.0. The summed E-state index contributed by atoms with van der Waals surface area (Å²) in [5.74, 6) is 1.46. The summed E-state index contributed by atoms with van der Waals surface area (Å²) >= 11 is 0. The Morgan fingerprint density at radius 2 is 1.37 bits per heavy atom. The Bertz CT molecular complexity index is 950. The summed E-state index contributed by atoms with van der Waals surface area (Å²) in [5, 5.41) is 0. The minimum absolute atomic E-state index is 0. The van der Waals surface area contributed by atoms with Crippen LogP contribution in [0.15, 0.2) is 83.5 Å². The molecule has 1 radical (unpaired) electrons. The maximum Gasteiger partial charge on any atom is 3.00 e. The van der Waals surface area contributed by atoms with Crippen LogP contribution in [0.3, 0.4) is 0 Å². The van der Waals surface area contributed by atoms with Gasteiger partial charge in [-0.3, -0.25) is 0 Å². The van der Waals surface area contributed by atoms with Crippen molar-refractivity contribution in [1.82, 2.24) is 0 Å². The van der Waals surface area contributed by atoms with Gasteiger partial charge >= 0.3 is 26.2 Å². The molecule has 5 rings (SSSR count). The molecule has 0 heterocycles. The van der Waals surface area contributed by atoms with Gasteiger partial charge in [0.05, 0.1) is 0 Å². The zero-order chi connectivity index (χ0) is 15.9. The number of rotatable bonds is 2. The summed E-state index contributed by atoms with van der Waals surface area (Å²) in [4.78, 5) is 0. The normalized spacial score (nSPS) is 16.0. The quantitative estimate of drug-likeness (QED) is 0.532. The van der Waals surface area contributed by atoms with Crippen LogP contribution < -0.4 is 24.8 Å². The topological polar surface area (TPSA) is 0 Å². The van der Waals surface area contributed by atoms with E-state index in [2.05, 4.69) is 78.9 Å². The van der Waals surface area contributed by atoms with Crippen LogP contribution in [0.4, 0.5) is 0 Å². The van der Waals surface area contributed by atoms with Crippen molar-refractivity contribution in [3.8, 4) is 0 Å². The number of hydrogen-bond acceptors (Lipinski definition) is 0. The molecule has 0 N–H and O–H groups in total. The zero-order valence-corrected chi connectivity index (χ0v) is 18.9. The van der Waals surface area contributed by atoms with Crippen molar-refractivity contribution in [2.45, 2.75) is 19.3 Å². The molecule has 3 aliphatic rings. The summed E-state index contributed by atoms with van der Waals surface area (Å²) in [6, 6.07) is 17.4. The van der Waals surface area contributed by atoms with Gasteiger partial charge in [0.25, 0.3) is 0 Å². The van der Waals surface area contributed by atoms with Gasteiger partial charge in [-0.1, -0.05) is 83.8 Å². The third-order valence-electron chi connectivity index (χ3n) is 5.32. The molecule has 0 unspecified atom stereocenters. The molecule has 0 saturated carbocycles. The average Bonchev–Trinajstić information content (AvgIpc) is 3.25. The molecule has 0 aromatic heterocycles. The van der Waals surface area contributed by atoms with Crippen molar-refractivity contribution < 1.29 is 51.0 Å². The fraction of sp³-hybridized carbons (Fsp3) is 0.125. The first-order valence-electron chi connectivity index (χ1n) is 8.68. The van der Waals surface area contributed by atoms with Gasteiger partial charge in [-0.05, 0) is 29.5 Å². The molecule has 3 aliphatic carbocycles. The van der Waals surface area contributed by atoms with Crippen molar-refractivity contribution >= 4 is 12.2 Å². The van der Waals surface area contributed by atoms with Crippen LogP contribution in [0.2, 0.25) is 0 Å². The van der Waals surface area contributed by atoms with Gasteiger partial charge in [0.15, 0.2) is 0 Å². The van der Waals surface area contributed by atoms with Crippen molar-refractivity contribution in [3.63, 3.8) is 0 Å². The maximum absolute atomic E-state index is 2.40. The van der Waals surface area contributed by atoms with E-state index in [4.69, 9.17) is 0 Å². The smallest absolute Gasteiger partial charge is 1.00 e. The van der Waals surface area contributed by atoms with Gasteiger partial charge in [-0.15, -0.1) is 17.6 Å². The van der Waals surface area contributed by atoms with E-state index < -0.39 is 0 Å². The van der Waals surface area contributed by atoms with Crippen LogP contribution in [0.25, 0.3) is 12.2 Å². The molecule has 3 heteroatoms. The second-order valence-electron chi connectivity index (χ2n) is 6.81. The second kappa shape index (κ2) is 9.29. The summed E-state index contributed by atoms with van der Waals surface area (Å²) in [5.41, 5.74) is 10.00. The molecule has 0 nitrogen and oxygen atoms in total. The minimum atomic E-state index is 0. The molecule has 0 spiro atoms. The van der Waals surface area contributed by atoms with Crippen molar-refractivity contribution in [1.29, 1.82) is 0 Å². The van der Waals surface area contributed by atoms with Gasteiger partial charge in [-0.2, -0.15) is 12.2 Å². The summed E-state index contributed by atoms with van der Waals surface area (Å²) in [6.07, 6.45) is 14.9. The number of halogens is 2. The standard InChI is InChI=1S/C24H19.2ClH.Zr/c1-2-6-20-14-23(13-19(20)5-1)17-9-11-18(12-10-17)24-15-21-7-3-4-8-22(21)16-24;;;/h1-11,13,15H,12,14,16H2;2*1H;/q-1;;;+3/p-2. The predicted octanol–water partition coefficient (Wildman–Crippen LogP) is -0.268. The van der Waals surface area contributed by atoms with E-state index in [9.17, 15) is 0 Å². The Morgan fingerprint density at radius 1 is 0.741 bits per heavy atom. The number of hydrogen-bond donors (Lipinski definition) is 0. The third kappa shape index (κ3) is 4.27. The van der Waals surface area contributed by atoms with E-state index in [1.807, 2.05) is 0 Å². The summed E-state index contributed by atoms with van der Waals surface area (Å²) < 4.78 is 0. The summed E-state index contributed by atoms with van der Waals surface area (Å²) in [7, 11) is 0. The Hall–Kier alpha value is -1.27. The fourth-order valence-corrected chi connectivity index (χ4v) is 3.97. The molecule has 0 bridgehead atoms. The van der Waals surface area contributed by atoms with Crippen LogP contribution in [0.5, 0.6) is 0 Å². The van der Waals surface area contributed by atoms with E-state index in [0.717, 1.165) is 19.3 Å². The van der Waals surface area contributed by atoms with Crippen LogP contribution in [0, 0.1) is 5.92 Å². The third-order valence-corrected chi connectivity index (χ3v) is 5.32.